The molecule has 1 amide bonds. The number of amides is 1. The van der Waals surface area contributed by atoms with Gasteiger partial charge >= 0.3 is 0 Å². The Labute approximate surface area is 113 Å². The van der Waals surface area contributed by atoms with Crippen molar-refractivity contribution in [2.75, 3.05) is 0 Å². The molecule has 0 radical (unpaired) electrons. The van der Waals surface area contributed by atoms with Crippen LogP contribution in [-0.4, -0.2) is 16.9 Å². The number of nitrogens with one attached hydrogen (secondary N) is 1. The zero-order valence-electron chi connectivity index (χ0n) is 11.3. The Balaban J connectivity index is 2.13. The lowest BCUT2D eigenvalue weighted by Gasteiger charge is -2.11. The van der Waals surface area contributed by atoms with E-state index in [0.717, 1.165) is 17.7 Å². The van der Waals surface area contributed by atoms with E-state index in [-0.39, 0.29) is 11.9 Å². The van der Waals surface area contributed by atoms with Crippen LogP contribution < -0.4 is 5.32 Å². The fourth-order valence-electron chi connectivity index (χ4n) is 1.72. The first-order valence-corrected chi connectivity index (χ1v) is 6.53. The SMILES string of the molecule is CC[C@H](C)NC(=O)c1ccc(-c2ccccc2)nc1. The van der Waals surface area contributed by atoms with Crippen LogP contribution in [0.4, 0.5) is 0 Å². The minimum atomic E-state index is -0.0681. The highest BCUT2D eigenvalue weighted by atomic mass is 16.1. The third-order valence-electron chi connectivity index (χ3n) is 3.09. The summed E-state index contributed by atoms with van der Waals surface area (Å²) >= 11 is 0. The Morgan fingerprint density at radius 3 is 2.53 bits per heavy atom. The molecule has 3 heteroatoms. The molecule has 0 bridgehead atoms. The van der Waals surface area contributed by atoms with E-state index in [1.54, 1.807) is 6.20 Å². The molecule has 1 N–H and O–H groups in total. The van der Waals surface area contributed by atoms with Gasteiger partial charge in [-0.05, 0) is 25.5 Å². The monoisotopic (exact) mass is 254 g/mol. The molecule has 0 unspecified atom stereocenters. The van der Waals surface area contributed by atoms with E-state index in [1.165, 1.54) is 0 Å². The third-order valence-corrected chi connectivity index (χ3v) is 3.09. The van der Waals surface area contributed by atoms with Crippen LogP contribution in [0.3, 0.4) is 0 Å². The van der Waals surface area contributed by atoms with Crippen LogP contribution in [0.1, 0.15) is 30.6 Å². The zero-order chi connectivity index (χ0) is 13.7. The van der Waals surface area contributed by atoms with E-state index in [2.05, 4.69) is 10.3 Å². The van der Waals surface area contributed by atoms with Crippen molar-refractivity contribution >= 4 is 5.91 Å². The lowest BCUT2D eigenvalue weighted by atomic mass is 10.1. The zero-order valence-corrected chi connectivity index (χ0v) is 11.3. The molecule has 2 rings (SSSR count). The summed E-state index contributed by atoms with van der Waals surface area (Å²) < 4.78 is 0. The molecule has 0 saturated carbocycles. The molecule has 1 aromatic carbocycles. The van der Waals surface area contributed by atoms with Crippen molar-refractivity contribution in [1.82, 2.24) is 10.3 Å². The Morgan fingerprint density at radius 1 is 1.21 bits per heavy atom. The number of hydrogen-bond acceptors (Lipinski definition) is 2. The fourth-order valence-corrected chi connectivity index (χ4v) is 1.72. The van der Waals surface area contributed by atoms with E-state index in [9.17, 15) is 4.79 Å². The minimum Gasteiger partial charge on any atom is -0.350 e. The van der Waals surface area contributed by atoms with Gasteiger partial charge in [0.05, 0.1) is 11.3 Å². The minimum absolute atomic E-state index is 0.0681. The van der Waals surface area contributed by atoms with E-state index in [0.29, 0.717) is 5.56 Å². The van der Waals surface area contributed by atoms with E-state index < -0.39 is 0 Å². The molecule has 98 valence electrons. The summed E-state index contributed by atoms with van der Waals surface area (Å²) in [5.41, 5.74) is 2.53. The van der Waals surface area contributed by atoms with Crippen LogP contribution in [0.15, 0.2) is 48.7 Å². The lowest BCUT2D eigenvalue weighted by Crippen LogP contribution is -2.31. The van der Waals surface area contributed by atoms with Gasteiger partial charge in [0.2, 0.25) is 0 Å². The summed E-state index contributed by atoms with van der Waals surface area (Å²) in [5.74, 6) is -0.0681. The average Bonchev–Trinajstić information content (AvgIpc) is 2.48. The van der Waals surface area contributed by atoms with Crippen molar-refractivity contribution in [3.8, 4) is 11.3 Å². The van der Waals surface area contributed by atoms with E-state index in [4.69, 9.17) is 0 Å². The molecule has 3 nitrogen and oxygen atoms in total. The summed E-state index contributed by atoms with van der Waals surface area (Å²) in [6.45, 7) is 4.03. The largest absolute Gasteiger partial charge is 0.350 e. The summed E-state index contributed by atoms with van der Waals surface area (Å²) in [6.07, 6.45) is 2.54. The molecular formula is C16H18N2O. The number of benzene rings is 1. The van der Waals surface area contributed by atoms with Gasteiger partial charge in [-0.15, -0.1) is 0 Å². The van der Waals surface area contributed by atoms with Crippen LogP contribution >= 0.6 is 0 Å². The van der Waals surface area contributed by atoms with E-state index >= 15 is 0 Å². The molecule has 0 fully saturated rings. The van der Waals surface area contributed by atoms with Crippen molar-refractivity contribution in [2.45, 2.75) is 26.3 Å². The highest BCUT2D eigenvalue weighted by Crippen LogP contribution is 2.16. The van der Waals surface area contributed by atoms with Gasteiger partial charge in [0.1, 0.15) is 0 Å². The number of pyridine rings is 1. The van der Waals surface area contributed by atoms with Gasteiger partial charge < -0.3 is 5.32 Å². The summed E-state index contributed by atoms with van der Waals surface area (Å²) in [7, 11) is 0. The molecule has 19 heavy (non-hydrogen) atoms. The van der Waals surface area contributed by atoms with Gasteiger partial charge in [0, 0.05) is 17.8 Å². The Kier molecular flexibility index (Phi) is 4.29. The molecule has 0 saturated heterocycles. The highest BCUT2D eigenvalue weighted by Gasteiger charge is 2.09. The van der Waals surface area contributed by atoms with Gasteiger partial charge in [0.15, 0.2) is 0 Å². The van der Waals surface area contributed by atoms with Crippen LogP contribution in [0.5, 0.6) is 0 Å². The molecule has 2 aromatic rings. The number of nitrogens with zero attached hydrogens (tertiary/aromatic N) is 1. The van der Waals surface area contributed by atoms with Crippen LogP contribution in [0, 0.1) is 0 Å². The first kappa shape index (κ1) is 13.3. The molecule has 0 aliphatic carbocycles. The third kappa shape index (κ3) is 3.41. The summed E-state index contributed by atoms with van der Waals surface area (Å²) in [5, 5.41) is 2.93. The van der Waals surface area contributed by atoms with Crippen LogP contribution in [0.25, 0.3) is 11.3 Å². The lowest BCUT2D eigenvalue weighted by molar-refractivity contribution is 0.0939. The molecule has 0 spiro atoms. The molecular weight excluding hydrogens is 236 g/mol. The van der Waals surface area contributed by atoms with Crippen molar-refractivity contribution in [2.24, 2.45) is 0 Å². The maximum atomic E-state index is 11.9. The first-order chi connectivity index (χ1) is 9.20. The quantitative estimate of drug-likeness (QED) is 0.909. The second-order valence-corrected chi connectivity index (χ2v) is 4.58. The van der Waals surface area contributed by atoms with Crippen molar-refractivity contribution in [1.29, 1.82) is 0 Å². The molecule has 0 aliphatic rings. The average molecular weight is 254 g/mol. The number of rotatable bonds is 4. The maximum Gasteiger partial charge on any atom is 0.253 e. The Hall–Kier alpha value is -2.16. The molecule has 1 atom stereocenters. The smallest absolute Gasteiger partial charge is 0.253 e. The maximum absolute atomic E-state index is 11.9. The molecule has 0 aliphatic heterocycles. The summed E-state index contributed by atoms with van der Waals surface area (Å²) in [4.78, 5) is 16.3. The second kappa shape index (κ2) is 6.14. The number of hydrogen-bond donors (Lipinski definition) is 1. The fraction of sp³-hybridized carbons (Fsp3) is 0.250. The predicted octanol–water partition coefficient (Wildman–Crippen LogP) is 3.28. The molecule has 1 aromatic heterocycles. The number of carbonyl (C=O) groups is 1. The summed E-state index contributed by atoms with van der Waals surface area (Å²) in [6, 6.07) is 13.8. The topological polar surface area (TPSA) is 42.0 Å². The second-order valence-electron chi connectivity index (χ2n) is 4.58. The van der Waals surface area contributed by atoms with Crippen molar-refractivity contribution in [3.05, 3.63) is 54.2 Å². The first-order valence-electron chi connectivity index (χ1n) is 6.53. The van der Waals surface area contributed by atoms with Crippen LogP contribution in [-0.2, 0) is 0 Å². The van der Waals surface area contributed by atoms with Gasteiger partial charge in [-0.25, -0.2) is 0 Å². The van der Waals surface area contributed by atoms with Gasteiger partial charge in [0.25, 0.3) is 5.91 Å². The normalized spacial score (nSPS) is 11.9. The van der Waals surface area contributed by atoms with Crippen molar-refractivity contribution in [3.63, 3.8) is 0 Å². The van der Waals surface area contributed by atoms with Crippen molar-refractivity contribution < 1.29 is 4.79 Å². The standard InChI is InChI=1S/C16H18N2O/c1-3-12(2)18-16(19)14-9-10-15(17-11-14)13-7-5-4-6-8-13/h4-12H,3H2,1-2H3,(H,18,19)/t12-/m0/s1. The number of aromatic nitrogens is 1. The molecule has 1 heterocycles. The highest BCUT2D eigenvalue weighted by molar-refractivity contribution is 5.94. The number of carbonyl (C=O) groups excluding carboxylic acids is 1. The van der Waals surface area contributed by atoms with Crippen LogP contribution in [0.2, 0.25) is 0 Å². The van der Waals surface area contributed by atoms with Gasteiger partial charge in [-0.3, -0.25) is 9.78 Å². The van der Waals surface area contributed by atoms with Gasteiger partial charge in [-0.2, -0.15) is 0 Å². The Bertz CT molecular complexity index is 534. The Morgan fingerprint density at radius 2 is 1.95 bits per heavy atom. The van der Waals surface area contributed by atoms with E-state index in [1.807, 2.05) is 56.3 Å². The van der Waals surface area contributed by atoms with Gasteiger partial charge in [-0.1, -0.05) is 37.3 Å². The predicted molar refractivity (Wildman–Crippen MR) is 76.9 cm³/mol.